The maximum Gasteiger partial charge on any atom is 0.259 e. The van der Waals surface area contributed by atoms with E-state index in [0.717, 1.165) is 36.2 Å². The van der Waals surface area contributed by atoms with Gasteiger partial charge in [-0.05, 0) is 42.7 Å². The molecule has 0 bridgehead atoms. The summed E-state index contributed by atoms with van der Waals surface area (Å²) in [6.07, 6.45) is 4.44. The van der Waals surface area contributed by atoms with Gasteiger partial charge in [-0.3, -0.25) is 14.6 Å². The Morgan fingerprint density at radius 1 is 1.00 bits per heavy atom. The Hall–Kier alpha value is -3.61. The minimum absolute atomic E-state index is 0.102. The lowest BCUT2D eigenvalue weighted by Crippen LogP contribution is -2.35. The number of anilines is 2. The number of aryl methyl sites for hydroxylation is 1. The van der Waals surface area contributed by atoms with E-state index in [9.17, 15) is 18.4 Å². The molecule has 7 heteroatoms. The summed E-state index contributed by atoms with van der Waals surface area (Å²) in [7, 11) is 0. The van der Waals surface area contributed by atoms with Gasteiger partial charge in [0.25, 0.3) is 11.8 Å². The van der Waals surface area contributed by atoms with Crippen LogP contribution in [0.1, 0.15) is 32.7 Å². The normalized spacial score (nSPS) is 13.0. The fourth-order valence-electron chi connectivity index (χ4n) is 3.37. The van der Waals surface area contributed by atoms with Crippen LogP contribution in [0.25, 0.3) is 0 Å². The van der Waals surface area contributed by atoms with Crippen LogP contribution in [0, 0.1) is 11.6 Å². The summed E-state index contributed by atoms with van der Waals surface area (Å²) in [4.78, 5) is 31.2. The number of hydrogen-bond acceptors (Lipinski definition) is 3. The van der Waals surface area contributed by atoms with Gasteiger partial charge in [0.1, 0.15) is 11.6 Å². The average molecular weight is 393 g/mol. The number of benzene rings is 2. The molecule has 1 aromatic heterocycles. The van der Waals surface area contributed by atoms with Crippen molar-refractivity contribution in [2.45, 2.75) is 12.8 Å². The number of nitrogens with zero attached hydrogens (tertiary/aromatic N) is 2. The van der Waals surface area contributed by atoms with Crippen LogP contribution >= 0.6 is 0 Å². The van der Waals surface area contributed by atoms with Crippen LogP contribution in [0.3, 0.4) is 0 Å². The smallest absolute Gasteiger partial charge is 0.259 e. The first kappa shape index (κ1) is 18.7. The number of pyridine rings is 1. The topological polar surface area (TPSA) is 62.3 Å². The van der Waals surface area contributed by atoms with Crippen molar-refractivity contribution in [2.75, 3.05) is 16.8 Å². The number of para-hydroxylation sites is 1. The van der Waals surface area contributed by atoms with Crippen molar-refractivity contribution in [3.8, 4) is 0 Å². The standard InChI is InChI=1S/C22H17F2N3O2/c23-17-7-8-19(18(24)11-17)26-21(28)15-10-16(13-25-12-15)22(29)27-9-3-5-14-4-1-2-6-20(14)27/h1-2,4,6-8,10-13H,3,5,9H2,(H,26,28). The first-order valence-corrected chi connectivity index (χ1v) is 9.14. The number of halogens is 2. The van der Waals surface area contributed by atoms with Crippen LogP contribution in [-0.4, -0.2) is 23.3 Å². The third-order valence-electron chi connectivity index (χ3n) is 4.78. The molecule has 0 aliphatic carbocycles. The summed E-state index contributed by atoms with van der Waals surface area (Å²) in [6.45, 7) is 0.576. The monoisotopic (exact) mass is 393 g/mol. The van der Waals surface area contributed by atoms with Crippen LogP contribution in [0.5, 0.6) is 0 Å². The molecule has 29 heavy (non-hydrogen) atoms. The van der Waals surface area contributed by atoms with Crippen molar-refractivity contribution >= 4 is 23.2 Å². The molecule has 0 fully saturated rings. The highest BCUT2D eigenvalue weighted by Gasteiger charge is 2.24. The number of rotatable bonds is 3. The Morgan fingerprint density at radius 2 is 1.79 bits per heavy atom. The first-order valence-electron chi connectivity index (χ1n) is 9.14. The molecule has 3 aromatic rings. The highest BCUT2D eigenvalue weighted by Crippen LogP contribution is 2.28. The van der Waals surface area contributed by atoms with Gasteiger partial charge in [0.05, 0.1) is 16.8 Å². The van der Waals surface area contributed by atoms with Gasteiger partial charge in [0.2, 0.25) is 0 Å². The van der Waals surface area contributed by atoms with Gasteiger partial charge in [0.15, 0.2) is 0 Å². The van der Waals surface area contributed by atoms with E-state index in [2.05, 4.69) is 10.3 Å². The van der Waals surface area contributed by atoms with Crippen LogP contribution in [0.15, 0.2) is 60.9 Å². The Morgan fingerprint density at radius 3 is 2.62 bits per heavy atom. The molecule has 1 aliphatic heterocycles. The number of fused-ring (bicyclic) bond motifs is 1. The predicted molar refractivity (Wildman–Crippen MR) is 105 cm³/mol. The Bertz CT molecular complexity index is 1100. The SMILES string of the molecule is O=C(Nc1ccc(F)cc1F)c1cncc(C(=O)N2CCCc3ccccc32)c1. The predicted octanol–water partition coefficient (Wildman–Crippen LogP) is 4.21. The van der Waals surface area contributed by atoms with E-state index in [1.165, 1.54) is 18.5 Å². The summed E-state index contributed by atoms with van der Waals surface area (Å²) in [5.41, 5.74) is 2.16. The Balaban J connectivity index is 1.57. The molecular weight excluding hydrogens is 376 g/mol. The second-order valence-electron chi connectivity index (χ2n) is 6.73. The largest absolute Gasteiger partial charge is 0.319 e. The van der Waals surface area contributed by atoms with Gasteiger partial charge in [-0.1, -0.05) is 18.2 Å². The fourth-order valence-corrected chi connectivity index (χ4v) is 3.37. The molecule has 0 radical (unpaired) electrons. The molecule has 0 saturated heterocycles. The van der Waals surface area contributed by atoms with Crippen LogP contribution in [0.2, 0.25) is 0 Å². The van der Waals surface area contributed by atoms with Crippen molar-refractivity contribution in [1.29, 1.82) is 0 Å². The molecule has 2 heterocycles. The molecule has 0 unspecified atom stereocenters. The quantitative estimate of drug-likeness (QED) is 0.725. The molecule has 5 nitrogen and oxygen atoms in total. The van der Waals surface area contributed by atoms with E-state index in [-0.39, 0.29) is 22.7 Å². The fraction of sp³-hybridized carbons (Fsp3) is 0.136. The van der Waals surface area contributed by atoms with E-state index in [1.54, 1.807) is 4.90 Å². The lowest BCUT2D eigenvalue weighted by atomic mass is 10.0. The molecule has 0 atom stereocenters. The lowest BCUT2D eigenvalue weighted by molar-refractivity contribution is 0.0984. The van der Waals surface area contributed by atoms with Crippen LogP contribution in [0.4, 0.5) is 20.2 Å². The molecule has 146 valence electrons. The highest BCUT2D eigenvalue weighted by molar-refractivity contribution is 6.09. The van der Waals surface area contributed by atoms with Crippen LogP contribution in [-0.2, 0) is 6.42 Å². The van der Waals surface area contributed by atoms with Crippen molar-refractivity contribution in [1.82, 2.24) is 4.98 Å². The zero-order valence-corrected chi connectivity index (χ0v) is 15.4. The van der Waals surface area contributed by atoms with Gasteiger partial charge in [-0.2, -0.15) is 0 Å². The third kappa shape index (κ3) is 3.85. The van der Waals surface area contributed by atoms with Crippen molar-refractivity contribution in [2.24, 2.45) is 0 Å². The molecule has 0 spiro atoms. The molecular formula is C22H17F2N3O2. The molecule has 0 saturated carbocycles. The van der Waals surface area contributed by atoms with E-state index in [1.807, 2.05) is 24.3 Å². The summed E-state index contributed by atoms with van der Waals surface area (Å²) in [5, 5.41) is 2.37. The second-order valence-corrected chi connectivity index (χ2v) is 6.73. The van der Waals surface area contributed by atoms with E-state index in [4.69, 9.17) is 0 Å². The maximum absolute atomic E-state index is 13.8. The number of hydrogen-bond donors (Lipinski definition) is 1. The number of carbonyl (C=O) groups excluding carboxylic acids is 2. The Labute approximate surface area is 166 Å². The number of nitrogens with one attached hydrogen (secondary N) is 1. The van der Waals surface area contributed by atoms with Crippen LogP contribution < -0.4 is 10.2 Å². The molecule has 1 aliphatic rings. The summed E-state index contributed by atoms with van der Waals surface area (Å²) >= 11 is 0. The van der Waals surface area contributed by atoms with Gasteiger partial charge in [0, 0.05) is 30.7 Å². The molecule has 1 N–H and O–H groups in total. The summed E-state index contributed by atoms with van der Waals surface area (Å²) in [6, 6.07) is 12.0. The molecule has 4 rings (SSSR count). The van der Waals surface area contributed by atoms with Gasteiger partial charge >= 0.3 is 0 Å². The summed E-state index contributed by atoms with van der Waals surface area (Å²) < 4.78 is 26.8. The van der Waals surface area contributed by atoms with Crippen molar-refractivity contribution < 1.29 is 18.4 Å². The molecule has 2 aromatic carbocycles. The third-order valence-corrected chi connectivity index (χ3v) is 4.78. The minimum atomic E-state index is -0.886. The zero-order valence-electron chi connectivity index (χ0n) is 15.4. The number of aromatic nitrogens is 1. The van der Waals surface area contributed by atoms with Gasteiger partial charge < -0.3 is 10.2 Å². The number of carbonyl (C=O) groups is 2. The highest BCUT2D eigenvalue weighted by atomic mass is 19.1. The van der Waals surface area contributed by atoms with Crippen molar-refractivity contribution in [3.63, 3.8) is 0 Å². The first-order chi connectivity index (χ1) is 14.0. The number of amides is 2. The second kappa shape index (κ2) is 7.79. The van der Waals surface area contributed by atoms with E-state index in [0.29, 0.717) is 12.6 Å². The van der Waals surface area contributed by atoms with Gasteiger partial charge in [-0.25, -0.2) is 8.78 Å². The zero-order chi connectivity index (χ0) is 20.4. The minimum Gasteiger partial charge on any atom is -0.319 e. The lowest BCUT2D eigenvalue weighted by Gasteiger charge is -2.29. The maximum atomic E-state index is 13.8. The molecule has 2 amide bonds. The van der Waals surface area contributed by atoms with Gasteiger partial charge in [-0.15, -0.1) is 0 Å². The van der Waals surface area contributed by atoms with Crippen molar-refractivity contribution in [3.05, 3.63) is 89.2 Å². The summed E-state index contributed by atoms with van der Waals surface area (Å²) in [5.74, 6) is -2.52. The Kier molecular flexibility index (Phi) is 5.03. The average Bonchev–Trinajstić information content (AvgIpc) is 2.75. The van der Waals surface area contributed by atoms with E-state index >= 15 is 0 Å². The van der Waals surface area contributed by atoms with E-state index < -0.39 is 17.5 Å².